The van der Waals surface area contributed by atoms with Gasteiger partial charge in [0.05, 0.1) is 28.2 Å². The van der Waals surface area contributed by atoms with E-state index >= 15 is 0 Å². The lowest BCUT2D eigenvalue weighted by Crippen LogP contribution is -2.29. The molecule has 0 spiro atoms. The quantitative estimate of drug-likeness (QED) is 0.476. The van der Waals surface area contributed by atoms with Gasteiger partial charge >= 0.3 is 6.18 Å². The Morgan fingerprint density at radius 1 is 1.11 bits per heavy atom. The second kappa shape index (κ2) is 7.92. The first kappa shape index (κ1) is 19.7. The van der Waals surface area contributed by atoms with Crippen LogP contribution in [-0.4, -0.2) is 23.0 Å². The van der Waals surface area contributed by atoms with Gasteiger partial charge in [0.25, 0.3) is 0 Å². The van der Waals surface area contributed by atoms with Gasteiger partial charge in [-0.3, -0.25) is 9.69 Å². The third-order valence-corrected chi connectivity index (χ3v) is 5.10. The van der Waals surface area contributed by atoms with Crippen molar-refractivity contribution >= 4 is 57.9 Å². The van der Waals surface area contributed by atoms with Gasteiger partial charge in [0.1, 0.15) is 0 Å². The molecule has 1 saturated heterocycles. The molecule has 0 aliphatic carbocycles. The molecule has 3 rings (SSSR count). The molecule has 1 aliphatic rings. The summed E-state index contributed by atoms with van der Waals surface area (Å²) in [5.74, 6) is -0.416. The van der Waals surface area contributed by atoms with E-state index in [9.17, 15) is 18.0 Å². The molecule has 0 bridgehead atoms. The number of carbonyl (C=O) groups is 1. The second-order valence-electron chi connectivity index (χ2n) is 5.33. The summed E-state index contributed by atoms with van der Waals surface area (Å²) < 4.78 is 39.0. The van der Waals surface area contributed by atoms with Crippen molar-refractivity contribution in [1.82, 2.24) is 0 Å². The summed E-state index contributed by atoms with van der Waals surface area (Å²) in [5.41, 5.74) is -0.389. The van der Waals surface area contributed by atoms with Gasteiger partial charge in [0.2, 0.25) is 5.91 Å². The lowest BCUT2D eigenvalue weighted by Gasteiger charge is -2.18. The predicted molar refractivity (Wildman–Crippen MR) is 103 cm³/mol. The molecule has 140 valence electrons. The van der Waals surface area contributed by atoms with Crippen LogP contribution in [0.4, 0.5) is 18.9 Å². The molecule has 0 atom stereocenters. The number of hydrogen-bond donors (Lipinski definition) is 0. The van der Waals surface area contributed by atoms with Crippen molar-refractivity contribution in [1.29, 1.82) is 0 Å². The van der Waals surface area contributed by atoms with E-state index in [0.29, 0.717) is 10.6 Å². The van der Waals surface area contributed by atoms with Gasteiger partial charge in [-0.1, -0.05) is 53.2 Å². The molecular formula is C17H10Cl2F3N3OS. The number of hydrogen-bond acceptors (Lipinski definition) is 4. The minimum absolute atomic E-state index is 0.00151. The summed E-state index contributed by atoms with van der Waals surface area (Å²) >= 11 is 13.1. The van der Waals surface area contributed by atoms with Crippen LogP contribution in [0, 0.1) is 0 Å². The summed E-state index contributed by atoms with van der Waals surface area (Å²) in [7, 11) is 0. The van der Waals surface area contributed by atoms with Crippen LogP contribution in [0.2, 0.25) is 10.0 Å². The fourth-order valence-corrected chi connectivity index (χ4v) is 3.46. The van der Waals surface area contributed by atoms with E-state index in [1.807, 2.05) is 0 Å². The average molecular weight is 432 g/mol. The zero-order valence-corrected chi connectivity index (χ0v) is 15.7. The largest absolute Gasteiger partial charge is 0.416 e. The topological polar surface area (TPSA) is 45.0 Å². The molecule has 2 aromatic rings. The number of anilines is 1. The predicted octanol–water partition coefficient (Wildman–Crippen LogP) is 5.48. The van der Waals surface area contributed by atoms with E-state index in [2.05, 4.69) is 10.2 Å². The van der Waals surface area contributed by atoms with Gasteiger partial charge < -0.3 is 0 Å². The molecule has 0 N–H and O–H groups in total. The van der Waals surface area contributed by atoms with Crippen molar-refractivity contribution in [3.8, 4) is 0 Å². The molecule has 0 radical (unpaired) electrons. The zero-order chi connectivity index (χ0) is 19.6. The molecule has 1 fully saturated rings. The summed E-state index contributed by atoms with van der Waals surface area (Å²) in [5, 5.41) is 8.45. The Morgan fingerprint density at radius 3 is 2.56 bits per heavy atom. The van der Waals surface area contributed by atoms with Crippen molar-refractivity contribution in [3.05, 3.63) is 63.6 Å². The minimum atomic E-state index is -4.56. The van der Waals surface area contributed by atoms with Gasteiger partial charge in [-0.15, -0.1) is 5.10 Å². The normalized spacial score (nSPS) is 16.7. The van der Waals surface area contributed by atoms with Crippen LogP contribution in [0.5, 0.6) is 0 Å². The van der Waals surface area contributed by atoms with Crippen LogP contribution in [0.25, 0.3) is 0 Å². The summed E-state index contributed by atoms with van der Waals surface area (Å²) in [6.45, 7) is 0. The zero-order valence-electron chi connectivity index (χ0n) is 13.4. The average Bonchev–Trinajstić information content (AvgIpc) is 2.97. The third-order valence-electron chi connectivity index (χ3n) is 3.53. The van der Waals surface area contributed by atoms with Crippen molar-refractivity contribution in [3.63, 3.8) is 0 Å². The molecule has 0 saturated carbocycles. The van der Waals surface area contributed by atoms with Crippen LogP contribution in [0.3, 0.4) is 0 Å². The molecule has 0 aromatic heterocycles. The monoisotopic (exact) mass is 431 g/mol. The maximum Gasteiger partial charge on any atom is 0.416 e. The van der Waals surface area contributed by atoms with Gasteiger partial charge in [-0.25, -0.2) is 0 Å². The number of thioether (sulfide) groups is 1. The number of carbonyl (C=O) groups excluding carboxylic acids is 1. The van der Waals surface area contributed by atoms with Crippen molar-refractivity contribution in [2.75, 3.05) is 10.7 Å². The Morgan fingerprint density at radius 2 is 1.85 bits per heavy atom. The highest BCUT2D eigenvalue weighted by atomic mass is 35.5. The second-order valence-corrected chi connectivity index (χ2v) is 7.09. The Labute approximate surface area is 166 Å². The van der Waals surface area contributed by atoms with E-state index in [1.165, 1.54) is 6.21 Å². The lowest BCUT2D eigenvalue weighted by molar-refractivity contribution is -0.137. The van der Waals surface area contributed by atoms with Crippen LogP contribution in [0.15, 0.2) is 52.7 Å². The van der Waals surface area contributed by atoms with Gasteiger partial charge in [-0.2, -0.15) is 18.3 Å². The van der Waals surface area contributed by atoms with Crippen LogP contribution < -0.4 is 4.90 Å². The Balaban J connectivity index is 1.94. The van der Waals surface area contributed by atoms with E-state index in [4.69, 9.17) is 23.2 Å². The first-order valence-corrected chi connectivity index (χ1v) is 9.19. The molecule has 2 aromatic carbocycles. The molecule has 4 nitrogen and oxygen atoms in total. The van der Waals surface area contributed by atoms with Crippen molar-refractivity contribution in [2.45, 2.75) is 6.18 Å². The van der Waals surface area contributed by atoms with E-state index in [0.717, 1.165) is 34.9 Å². The number of rotatable bonds is 3. The fourth-order valence-electron chi connectivity index (χ4n) is 2.25. The standard InChI is InChI=1S/C17H10Cl2F3N3OS/c18-12-4-2-1-3-10(12)8-23-24-16-25(15(26)9-27-16)14-7-11(17(20,21)22)5-6-13(14)19/h1-8H,9H2/b23-8-,24-16+. The first-order valence-electron chi connectivity index (χ1n) is 7.45. The number of alkyl halides is 3. The van der Waals surface area contributed by atoms with Crippen LogP contribution in [0.1, 0.15) is 11.1 Å². The molecule has 0 unspecified atom stereocenters. The summed E-state index contributed by atoms with van der Waals surface area (Å²) in [6.07, 6.45) is -3.17. The van der Waals surface area contributed by atoms with E-state index < -0.39 is 17.6 Å². The maximum atomic E-state index is 13.0. The van der Waals surface area contributed by atoms with Gasteiger partial charge in [0.15, 0.2) is 5.17 Å². The van der Waals surface area contributed by atoms with Crippen LogP contribution >= 0.6 is 35.0 Å². The van der Waals surface area contributed by atoms with Gasteiger partial charge in [-0.05, 0) is 24.3 Å². The highest BCUT2D eigenvalue weighted by molar-refractivity contribution is 8.15. The Hall–Kier alpha value is -2.03. The highest BCUT2D eigenvalue weighted by Crippen LogP contribution is 2.38. The van der Waals surface area contributed by atoms with E-state index in [-0.39, 0.29) is 21.6 Å². The maximum absolute atomic E-state index is 13.0. The van der Waals surface area contributed by atoms with Gasteiger partial charge in [0, 0.05) is 10.6 Å². The van der Waals surface area contributed by atoms with Crippen molar-refractivity contribution in [2.24, 2.45) is 10.2 Å². The summed E-state index contributed by atoms with van der Waals surface area (Å²) in [4.78, 5) is 13.2. The SMILES string of the molecule is O=C1CS/C(=N/N=C\c2ccccc2Cl)N1c1cc(C(F)(F)F)ccc1Cl. The molecular weight excluding hydrogens is 422 g/mol. The van der Waals surface area contributed by atoms with Crippen LogP contribution in [-0.2, 0) is 11.0 Å². The fraction of sp³-hybridized carbons (Fsp3) is 0.118. The smallest absolute Gasteiger partial charge is 0.273 e. The minimum Gasteiger partial charge on any atom is -0.273 e. The number of amidine groups is 1. The highest BCUT2D eigenvalue weighted by Gasteiger charge is 2.35. The van der Waals surface area contributed by atoms with Crippen molar-refractivity contribution < 1.29 is 18.0 Å². The Bertz CT molecular complexity index is 947. The molecule has 27 heavy (non-hydrogen) atoms. The number of halogens is 5. The molecule has 1 aliphatic heterocycles. The Kier molecular flexibility index (Phi) is 5.78. The molecule has 10 heteroatoms. The number of amides is 1. The molecule has 1 amide bonds. The number of nitrogens with zero attached hydrogens (tertiary/aromatic N) is 3. The third kappa shape index (κ3) is 4.45. The summed E-state index contributed by atoms with van der Waals surface area (Å²) in [6, 6.07) is 9.70. The molecule has 1 heterocycles. The first-order chi connectivity index (χ1) is 12.8. The number of benzene rings is 2. The van der Waals surface area contributed by atoms with E-state index in [1.54, 1.807) is 24.3 Å². The lowest BCUT2D eigenvalue weighted by atomic mass is 10.2.